The number of nitrogens with zero attached hydrogens (tertiary/aromatic N) is 2. The zero-order valence-electron chi connectivity index (χ0n) is 31.3. The number of rotatable bonds is 15. The predicted octanol–water partition coefficient (Wildman–Crippen LogP) is 2.42. The molecule has 2 aliphatic carbocycles. The molecule has 3 rings (SSSR count). The van der Waals surface area contributed by atoms with Crippen LogP contribution in [-0.4, -0.2) is 103 Å². The number of sulfonamides is 1. The first kappa shape index (κ1) is 40.4. The van der Waals surface area contributed by atoms with Crippen molar-refractivity contribution in [1.29, 1.82) is 0 Å². The summed E-state index contributed by atoms with van der Waals surface area (Å²) in [6.45, 7) is 22.8. The third kappa shape index (κ3) is 9.83. The monoisotopic (exact) mass is 708 g/mol. The second kappa shape index (κ2) is 14.7. The lowest BCUT2D eigenvalue weighted by molar-refractivity contribution is -0.145. The summed E-state index contributed by atoms with van der Waals surface area (Å²) in [7, 11) is -3.56. The molecular formula is C35H60N6O7S. The van der Waals surface area contributed by atoms with Crippen molar-refractivity contribution in [1.82, 2.24) is 30.5 Å². The van der Waals surface area contributed by atoms with Gasteiger partial charge in [-0.3, -0.25) is 19.2 Å². The topological polar surface area (TPSA) is 174 Å². The Morgan fingerprint density at radius 3 is 2.04 bits per heavy atom. The summed E-state index contributed by atoms with van der Waals surface area (Å²) in [5.74, 6) is -2.29. The van der Waals surface area contributed by atoms with E-state index in [4.69, 9.17) is 0 Å². The summed E-state index contributed by atoms with van der Waals surface area (Å²) in [5, 5.41) is 11.1. The molecule has 1 unspecified atom stereocenters. The lowest BCUT2D eigenvalue weighted by atomic mass is 9.85. The van der Waals surface area contributed by atoms with Crippen LogP contribution in [0.3, 0.4) is 0 Å². The van der Waals surface area contributed by atoms with Crippen molar-refractivity contribution in [3.63, 3.8) is 0 Å². The Kier molecular flexibility index (Phi) is 12.1. The molecule has 2 saturated carbocycles. The van der Waals surface area contributed by atoms with Gasteiger partial charge in [0.05, 0.1) is 12.3 Å². The molecule has 0 aromatic carbocycles. The van der Waals surface area contributed by atoms with E-state index in [0.717, 1.165) is 19.1 Å². The van der Waals surface area contributed by atoms with Gasteiger partial charge in [0.1, 0.15) is 12.1 Å². The number of ketones is 1. The molecule has 0 spiro atoms. The van der Waals surface area contributed by atoms with Gasteiger partial charge in [-0.1, -0.05) is 74.3 Å². The first-order chi connectivity index (χ1) is 22.3. The third-order valence-electron chi connectivity index (χ3n) is 10.4. The van der Waals surface area contributed by atoms with Crippen LogP contribution in [0.25, 0.3) is 0 Å². The van der Waals surface area contributed by atoms with Gasteiger partial charge in [-0.25, -0.2) is 13.2 Å². The number of Topliss-reactive ketones (excluding diaryl/α,β-unsaturated/α-hetero) is 1. The molecule has 0 aromatic heterocycles. The molecular weight excluding hydrogens is 648 g/mol. The number of likely N-dealkylation sites (tertiary alicyclic amines) is 1. The number of amides is 5. The standard InChI is InChI=1S/C35H60N6O7S/c1-13-16-36-30(44)27(42)23(17-21-14-15-21)37-29(43)26-25-22(35(25,10)11)18-40(26)31(45)28(34(7,8)9)39-32(46)38-24(33(4,5)6)19-41(20(2)3)49(12,47)48/h13,20-26,28H,1,14-19H2,2-12H3,(H,36,44)(H,37,43)(H2,38,39,46)/t22-,23?,24+,25-,26-,28+/m0/s1. The molecule has 49 heavy (non-hydrogen) atoms. The number of hydrogen-bond acceptors (Lipinski definition) is 7. The first-order valence-corrected chi connectivity index (χ1v) is 19.2. The van der Waals surface area contributed by atoms with Crippen molar-refractivity contribution in [3.8, 4) is 0 Å². The van der Waals surface area contributed by atoms with Crippen LogP contribution in [0.15, 0.2) is 12.7 Å². The molecule has 6 atom stereocenters. The van der Waals surface area contributed by atoms with Crippen LogP contribution in [0, 0.1) is 34.0 Å². The number of urea groups is 1. The molecule has 5 amide bonds. The molecule has 1 aliphatic heterocycles. The van der Waals surface area contributed by atoms with Gasteiger partial charge >= 0.3 is 6.03 Å². The van der Waals surface area contributed by atoms with Crippen LogP contribution in [-0.2, 0) is 29.2 Å². The maximum Gasteiger partial charge on any atom is 0.315 e. The van der Waals surface area contributed by atoms with E-state index in [1.807, 2.05) is 41.5 Å². The second-order valence-corrected chi connectivity index (χ2v) is 19.2. The fourth-order valence-corrected chi connectivity index (χ4v) is 8.18. The summed E-state index contributed by atoms with van der Waals surface area (Å²) < 4.78 is 26.4. The number of carbonyl (C=O) groups excluding carboxylic acids is 5. The van der Waals surface area contributed by atoms with E-state index >= 15 is 0 Å². The molecule has 0 bridgehead atoms. The van der Waals surface area contributed by atoms with Crippen LogP contribution in [0.1, 0.15) is 88.5 Å². The van der Waals surface area contributed by atoms with Gasteiger partial charge in [-0.2, -0.15) is 4.31 Å². The smallest absolute Gasteiger partial charge is 0.315 e. The van der Waals surface area contributed by atoms with Crippen molar-refractivity contribution < 1.29 is 32.4 Å². The summed E-state index contributed by atoms with van der Waals surface area (Å²) >= 11 is 0. The Morgan fingerprint density at radius 1 is 0.980 bits per heavy atom. The quantitative estimate of drug-likeness (QED) is 0.149. The van der Waals surface area contributed by atoms with Crippen molar-refractivity contribution in [2.75, 3.05) is 25.9 Å². The van der Waals surface area contributed by atoms with Gasteiger partial charge in [0.2, 0.25) is 27.6 Å². The van der Waals surface area contributed by atoms with Crippen LogP contribution in [0.2, 0.25) is 0 Å². The lowest BCUT2D eigenvalue weighted by Crippen LogP contribution is -2.63. The zero-order valence-corrected chi connectivity index (χ0v) is 32.1. The Morgan fingerprint density at radius 2 is 1.57 bits per heavy atom. The molecule has 14 heteroatoms. The summed E-state index contributed by atoms with van der Waals surface area (Å²) in [5.41, 5.74) is -1.50. The molecule has 3 aliphatic rings. The van der Waals surface area contributed by atoms with Crippen LogP contribution >= 0.6 is 0 Å². The van der Waals surface area contributed by atoms with E-state index in [-0.39, 0.29) is 42.3 Å². The minimum atomic E-state index is -3.56. The number of nitrogens with one attached hydrogen (secondary N) is 4. The van der Waals surface area contributed by atoms with Crippen LogP contribution < -0.4 is 21.3 Å². The fraction of sp³-hybridized carbons (Fsp3) is 0.800. The van der Waals surface area contributed by atoms with Gasteiger partial charge < -0.3 is 26.2 Å². The van der Waals surface area contributed by atoms with Crippen molar-refractivity contribution in [2.45, 2.75) is 119 Å². The van der Waals surface area contributed by atoms with E-state index in [1.165, 1.54) is 15.3 Å². The third-order valence-corrected chi connectivity index (χ3v) is 11.8. The number of piperidine rings is 1. The number of carbonyl (C=O) groups is 5. The first-order valence-electron chi connectivity index (χ1n) is 17.4. The maximum atomic E-state index is 14.4. The van der Waals surface area contributed by atoms with Gasteiger partial charge in [-0.15, -0.1) is 6.58 Å². The number of hydrogen-bond donors (Lipinski definition) is 4. The average Bonchev–Trinajstić information content (AvgIpc) is 3.80. The molecule has 3 fully saturated rings. The predicted molar refractivity (Wildman–Crippen MR) is 189 cm³/mol. The molecule has 1 heterocycles. The molecule has 1 saturated heterocycles. The summed E-state index contributed by atoms with van der Waals surface area (Å²) in [4.78, 5) is 69.3. The molecule has 4 N–H and O–H groups in total. The highest BCUT2D eigenvalue weighted by molar-refractivity contribution is 7.88. The largest absolute Gasteiger partial charge is 0.346 e. The zero-order chi connectivity index (χ0) is 37.4. The highest BCUT2D eigenvalue weighted by Gasteiger charge is 2.70. The highest BCUT2D eigenvalue weighted by Crippen LogP contribution is 2.65. The van der Waals surface area contributed by atoms with E-state index in [0.29, 0.717) is 13.0 Å². The minimum absolute atomic E-state index is 0.0424. The molecule has 0 aromatic rings. The minimum Gasteiger partial charge on any atom is -0.346 e. The van der Waals surface area contributed by atoms with E-state index in [9.17, 15) is 32.4 Å². The van der Waals surface area contributed by atoms with Gasteiger partial charge in [-0.05, 0) is 54.3 Å². The van der Waals surface area contributed by atoms with Gasteiger partial charge in [0, 0.05) is 31.7 Å². The molecule has 0 radical (unpaired) electrons. The highest BCUT2D eigenvalue weighted by atomic mass is 32.2. The SMILES string of the molecule is C=CCNC(=O)C(=O)C(CC1CC1)NC(=O)[C@@H]1[C@@H]2[C@H](CN1C(=O)[C@@H](NC(=O)N[C@H](CN(C(C)C)S(C)(=O)=O)C(C)(C)C)C(C)(C)C)C2(C)C. The van der Waals surface area contributed by atoms with E-state index < -0.39 is 74.6 Å². The summed E-state index contributed by atoms with van der Waals surface area (Å²) in [6.07, 6.45) is 4.79. The van der Waals surface area contributed by atoms with Crippen molar-refractivity contribution >= 4 is 39.6 Å². The number of fused-ring (bicyclic) bond motifs is 1. The normalized spacial score (nSPS) is 23.6. The Labute approximate surface area is 293 Å². The maximum absolute atomic E-state index is 14.4. The lowest BCUT2D eigenvalue weighted by Gasteiger charge is -2.39. The van der Waals surface area contributed by atoms with Crippen molar-refractivity contribution in [3.05, 3.63) is 12.7 Å². The van der Waals surface area contributed by atoms with Gasteiger partial charge in [0.25, 0.3) is 5.91 Å². The van der Waals surface area contributed by atoms with Crippen molar-refractivity contribution in [2.24, 2.45) is 34.0 Å². The Bertz CT molecular complexity index is 1410. The summed E-state index contributed by atoms with van der Waals surface area (Å²) in [6, 6.07) is -4.49. The molecule has 13 nitrogen and oxygen atoms in total. The van der Waals surface area contributed by atoms with Crippen LogP contribution in [0.5, 0.6) is 0 Å². The van der Waals surface area contributed by atoms with Crippen LogP contribution in [0.4, 0.5) is 4.79 Å². The Balaban J connectivity index is 1.85. The molecule has 278 valence electrons. The van der Waals surface area contributed by atoms with E-state index in [2.05, 4.69) is 41.7 Å². The van der Waals surface area contributed by atoms with Gasteiger partial charge in [0.15, 0.2) is 0 Å². The Hall–Kier alpha value is -3.00. The second-order valence-electron chi connectivity index (χ2n) is 17.3. The van der Waals surface area contributed by atoms with E-state index in [1.54, 1.807) is 13.8 Å². The average molecular weight is 709 g/mol. The fourth-order valence-electron chi connectivity index (χ4n) is 6.99.